The van der Waals surface area contributed by atoms with Crippen LogP contribution in [0, 0.1) is 5.92 Å². The van der Waals surface area contributed by atoms with E-state index in [1.54, 1.807) is 17.3 Å². The first-order valence-electron chi connectivity index (χ1n) is 12.0. The number of amides is 2. The van der Waals surface area contributed by atoms with Gasteiger partial charge in [-0.3, -0.25) is 9.59 Å². The van der Waals surface area contributed by atoms with Crippen LogP contribution in [0.2, 0.25) is 0 Å². The van der Waals surface area contributed by atoms with Crippen LogP contribution in [0.5, 0.6) is 11.6 Å². The summed E-state index contributed by atoms with van der Waals surface area (Å²) in [5, 5.41) is 0. The predicted molar refractivity (Wildman–Crippen MR) is 127 cm³/mol. The molecule has 2 amide bonds. The van der Waals surface area contributed by atoms with E-state index in [1.807, 2.05) is 23.6 Å². The van der Waals surface area contributed by atoms with Gasteiger partial charge in [-0.1, -0.05) is 0 Å². The van der Waals surface area contributed by atoms with Crippen molar-refractivity contribution >= 4 is 23.5 Å². The second-order valence-electron chi connectivity index (χ2n) is 8.93. The number of pyridine rings is 1. The maximum atomic E-state index is 12.9. The Morgan fingerprint density at radius 1 is 1.14 bits per heavy atom. The van der Waals surface area contributed by atoms with E-state index in [1.165, 1.54) is 18.3 Å². The molecule has 10 nitrogen and oxygen atoms in total. The summed E-state index contributed by atoms with van der Waals surface area (Å²) in [5.41, 5.74) is 0.563. The Labute approximate surface area is 208 Å². The number of hydrogen-bond acceptors (Lipinski definition) is 8. The van der Waals surface area contributed by atoms with Crippen LogP contribution in [-0.4, -0.2) is 83.0 Å². The van der Waals surface area contributed by atoms with Crippen molar-refractivity contribution in [3.05, 3.63) is 30.7 Å². The number of ether oxygens (including phenoxy) is 2. The SMILES string of the molecule is CCN(CC)C(=O)C1CN(c2ncc(N3CC[C@@H](Oc4ccc(OCC(C)(F)F)nc4)C3=O)cn2)C1. The van der Waals surface area contributed by atoms with Crippen molar-refractivity contribution < 1.29 is 27.8 Å². The quantitative estimate of drug-likeness (QED) is 0.486. The molecule has 4 heterocycles. The lowest BCUT2D eigenvalue weighted by Gasteiger charge is -2.40. The molecule has 2 fully saturated rings. The highest BCUT2D eigenvalue weighted by Crippen LogP contribution is 2.27. The van der Waals surface area contributed by atoms with Gasteiger partial charge in [-0.2, -0.15) is 0 Å². The zero-order valence-electron chi connectivity index (χ0n) is 20.6. The minimum atomic E-state index is -2.96. The van der Waals surface area contributed by atoms with Gasteiger partial charge in [0.25, 0.3) is 11.8 Å². The van der Waals surface area contributed by atoms with Gasteiger partial charge in [-0.25, -0.2) is 23.7 Å². The predicted octanol–water partition coefficient (Wildman–Crippen LogP) is 2.39. The fourth-order valence-corrected chi connectivity index (χ4v) is 4.11. The van der Waals surface area contributed by atoms with Crippen LogP contribution in [0.25, 0.3) is 0 Å². The second-order valence-corrected chi connectivity index (χ2v) is 8.93. The first-order chi connectivity index (χ1) is 17.2. The van der Waals surface area contributed by atoms with E-state index in [2.05, 4.69) is 15.0 Å². The lowest BCUT2D eigenvalue weighted by atomic mass is 9.99. The second kappa shape index (κ2) is 10.6. The largest absolute Gasteiger partial charge is 0.479 e. The van der Waals surface area contributed by atoms with E-state index in [0.717, 1.165) is 6.92 Å². The Morgan fingerprint density at radius 2 is 1.83 bits per heavy atom. The number of halogens is 2. The first kappa shape index (κ1) is 25.5. The Kier molecular flexibility index (Phi) is 7.51. The van der Waals surface area contributed by atoms with Gasteiger partial charge in [0.1, 0.15) is 5.75 Å². The number of hydrogen-bond donors (Lipinski definition) is 0. The molecule has 0 unspecified atom stereocenters. The topological polar surface area (TPSA) is 101 Å². The molecular weight excluding hydrogens is 474 g/mol. The zero-order valence-corrected chi connectivity index (χ0v) is 20.6. The van der Waals surface area contributed by atoms with Crippen molar-refractivity contribution in [3.63, 3.8) is 0 Å². The summed E-state index contributed by atoms with van der Waals surface area (Å²) >= 11 is 0. The molecule has 0 radical (unpaired) electrons. The van der Waals surface area contributed by atoms with Gasteiger partial charge in [0.15, 0.2) is 12.7 Å². The van der Waals surface area contributed by atoms with E-state index in [4.69, 9.17) is 9.47 Å². The summed E-state index contributed by atoms with van der Waals surface area (Å²) in [5.74, 6) is -2.17. The summed E-state index contributed by atoms with van der Waals surface area (Å²) in [4.78, 5) is 43.4. The number of rotatable bonds is 10. The van der Waals surface area contributed by atoms with E-state index in [9.17, 15) is 18.4 Å². The molecule has 36 heavy (non-hydrogen) atoms. The van der Waals surface area contributed by atoms with Crippen molar-refractivity contribution in [1.82, 2.24) is 19.9 Å². The molecule has 2 aromatic rings. The van der Waals surface area contributed by atoms with Gasteiger partial charge in [0.05, 0.1) is 30.2 Å². The normalized spacial score (nSPS) is 18.2. The molecule has 12 heteroatoms. The number of carbonyl (C=O) groups excluding carboxylic acids is 2. The lowest BCUT2D eigenvalue weighted by molar-refractivity contribution is -0.136. The minimum Gasteiger partial charge on any atom is -0.479 e. The molecule has 1 atom stereocenters. The van der Waals surface area contributed by atoms with Crippen LogP contribution in [0.4, 0.5) is 20.4 Å². The summed E-state index contributed by atoms with van der Waals surface area (Å²) in [6, 6.07) is 2.94. The Bertz CT molecular complexity index is 1050. The van der Waals surface area contributed by atoms with E-state index < -0.39 is 18.6 Å². The van der Waals surface area contributed by atoms with Crippen LogP contribution in [0.1, 0.15) is 27.2 Å². The monoisotopic (exact) mass is 504 g/mol. The van der Waals surface area contributed by atoms with Gasteiger partial charge in [-0.05, 0) is 19.9 Å². The number of anilines is 2. The number of aromatic nitrogens is 3. The number of nitrogens with zero attached hydrogens (tertiary/aromatic N) is 6. The Hall–Kier alpha value is -3.57. The van der Waals surface area contributed by atoms with Crippen LogP contribution in [-0.2, 0) is 9.59 Å². The minimum absolute atomic E-state index is 0.0473. The molecule has 2 saturated heterocycles. The molecule has 194 valence electrons. The lowest BCUT2D eigenvalue weighted by Crippen LogP contribution is -2.55. The third-order valence-electron chi connectivity index (χ3n) is 6.14. The molecule has 2 aliphatic heterocycles. The smallest absolute Gasteiger partial charge is 0.278 e. The highest BCUT2D eigenvalue weighted by molar-refractivity contribution is 5.98. The van der Waals surface area contributed by atoms with Gasteiger partial charge >= 0.3 is 0 Å². The van der Waals surface area contributed by atoms with Gasteiger partial charge in [0.2, 0.25) is 17.7 Å². The van der Waals surface area contributed by atoms with E-state index in [0.29, 0.717) is 56.5 Å². The summed E-state index contributed by atoms with van der Waals surface area (Å²) < 4.78 is 36.5. The maximum absolute atomic E-state index is 12.9. The van der Waals surface area contributed by atoms with Crippen molar-refractivity contribution in [2.45, 2.75) is 39.2 Å². The summed E-state index contributed by atoms with van der Waals surface area (Å²) in [7, 11) is 0. The summed E-state index contributed by atoms with van der Waals surface area (Å²) in [6.07, 6.45) is 4.28. The van der Waals surface area contributed by atoms with Crippen LogP contribution >= 0.6 is 0 Å². The molecule has 0 bridgehead atoms. The Balaban J connectivity index is 1.29. The average molecular weight is 505 g/mol. The maximum Gasteiger partial charge on any atom is 0.278 e. The highest BCUT2D eigenvalue weighted by Gasteiger charge is 2.37. The summed E-state index contributed by atoms with van der Waals surface area (Å²) in [6.45, 7) is 6.91. The van der Waals surface area contributed by atoms with Gasteiger partial charge < -0.3 is 24.2 Å². The molecular formula is C24H30F2N6O4. The third-order valence-corrected chi connectivity index (χ3v) is 6.14. The number of carbonyl (C=O) groups is 2. The molecule has 0 N–H and O–H groups in total. The molecule has 4 rings (SSSR count). The molecule has 2 aromatic heterocycles. The fourth-order valence-electron chi connectivity index (χ4n) is 4.11. The fraction of sp³-hybridized carbons (Fsp3) is 0.542. The van der Waals surface area contributed by atoms with Crippen LogP contribution < -0.4 is 19.3 Å². The number of alkyl halides is 2. The third kappa shape index (κ3) is 5.80. The van der Waals surface area contributed by atoms with E-state index >= 15 is 0 Å². The molecule has 0 aromatic carbocycles. The molecule has 2 aliphatic rings. The first-order valence-corrected chi connectivity index (χ1v) is 12.0. The van der Waals surface area contributed by atoms with Gasteiger partial charge in [-0.15, -0.1) is 0 Å². The van der Waals surface area contributed by atoms with Crippen LogP contribution in [0.15, 0.2) is 30.7 Å². The molecule has 0 spiro atoms. The average Bonchev–Trinajstić information content (AvgIpc) is 3.18. The molecule has 0 aliphatic carbocycles. The van der Waals surface area contributed by atoms with Crippen molar-refractivity contribution in [2.24, 2.45) is 5.92 Å². The van der Waals surface area contributed by atoms with Crippen molar-refractivity contribution in [2.75, 3.05) is 49.1 Å². The van der Waals surface area contributed by atoms with Crippen molar-refractivity contribution in [1.29, 1.82) is 0 Å². The van der Waals surface area contributed by atoms with E-state index in [-0.39, 0.29) is 23.6 Å². The molecule has 0 saturated carbocycles. The Morgan fingerprint density at radius 3 is 2.42 bits per heavy atom. The van der Waals surface area contributed by atoms with Crippen LogP contribution in [0.3, 0.4) is 0 Å². The zero-order chi connectivity index (χ0) is 25.9. The van der Waals surface area contributed by atoms with Gasteiger partial charge in [0, 0.05) is 52.1 Å². The standard InChI is InChI=1S/C24H30F2N6O4/c1-4-30(5-2)21(33)16-13-31(14-16)23-28-10-17(11-29-23)32-9-8-19(22(32)34)36-18-6-7-20(27-12-18)35-15-24(3,25)26/h6-7,10-12,16,19H,4-5,8-9,13-15H2,1-3H3/t19-/m1/s1. The van der Waals surface area contributed by atoms with Crippen molar-refractivity contribution in [3.8, 4) is 11.6 Å². The highest BCUT2D eigenvalue weighted by atomic mass is 19.3.